The second-order valence-corrected chi connectivity index (χ2v) is 6.01. The Hall–Kier alpha value is -1.50. The second-order valence-electron chi connectivity index (χ2n) is 6.01. The Morgan fingerprint density at radius 2 is 2.21 bits per heavy atom. The third-order valence-corrected chi connectivity index (χ3v) is 4.46. The summed E-state index contributed by atoms with van der Waals surface area (Å²) < 4.78 is 19.9. The van der Waals surface area contributed by atoms with Crippen molar-refractivity contribution in [1.82, 2.24) is 10.4 Å². The highest BCUT2D eigenvalue weighted by molar-refractivity contribution is 5.93. The summed E-state index contributed by atoms with van der Waals surface area (Å²) in [6, 6.07) is 2.85. The van der Waals surface area contributed by atoms with Crippen LogP contribution in [0.3, 0.4) is 0 Å². The molecule has 0 aromatic heterocycles. The summed E-state index contributed by atoms with van der Waals surface area (Å²) in [6.45, 7) is 7.08. The molecule has 1 aromatic carbocycles. The topological polar surface area (TPSA) is 61.8 Å². The van der Waals surface area contributed by atoms with Gasteiger partial charge in [0.1, 0.15) is 5.82 Å². The minimum Gasteiger partial charge on any atom is -0.377 e. The number of carbonyl (C=O) groups excluding carboxylic acids is 1. The molecule has 2 aliphatic rings. The summed E-state index contributed by atoms with van der Waals surface area (Å²) >= 11 is 0. The van der Waals surface area contributed by atoms with Crippen molar-refractivity contribution >= 4 is 5.91 Å². The minimum atomic E-state index is -0.686. The largest absolute Gasteiger partial charge is 0.377 e. The van der Waals surface area contributed by atoms with Crippen LogP contribution in [0, 0.1) is 5.82 Å². The first kappa shape index (κ1) is 18.8. The van der Waals surface area contributed by atoms with Crippen LogP contribution in [0.4, 0.5) is 4.39 Å². The van der Waals surface area contributed by atoms with Crippen molar-refractivity contribution in [3.8, 4) is 0 Å². The van der Waals surface area contributed by atoms with Gasteiger partial charge >= 0.3 is 0 Å². The van der Waals surface area contributed by atoms with Gasteiger partial charge in [-0.15, -0.1) is 0 Å². The third kappa shape index (κ3) is 4.53. The molecule has 2 N–H and O–H groups in total. The number of fused-ring (bicyclic) bond motifs is 1. The number of halogens is 1. The van der Waals surface area contributed by atoms with Crippen LogP contribution >= 0.6 is 0 Å². The summed E-state index contributed by atoms with van der Waals surface area (Å²) in [5.74, 6) is -1.06. The predicted octanol–water partition coefficient (Wildman–Crippen LogP) is 2.90. The Bertz CT molecular complexity index is 559. The number of hydrogen-bond donors (Lipinski definition) is 2. The summed E-state index contributed by atoms with van der Waals surface area (Å²) in [6.07, 6.45) is 4.29. The van der Waals surface area contributed by atoms with Crippen LogP contribution < -0.4 is 5.48 Å². The molecule has 2 heterocycles. The summed E-state index contributed by atoms with van der Waals surface area (Å²) in [4.78, 5) is 13.7. The van der Waals surface area contributed by atoms with Gasteiger partial charge in [-0.3, -0.25) is 14.9 Å². The average Bonchev–Trinajstić information content (AvgIpc) is 2.63. The fourth-order valence-electron chi connectivity index (χ4n) is 3.30. The minimum absolute atomic E-state index is 0.148. The van der Waals surface area contributed by atoms with Gasteiger partial charge < -0.3 is 4.74 Å². The zero-order valence-corrected chi connectivity index (χ0v) is 14.5. The lowest BCUT2D eigenvalue weighted by atomic mass is 9.96. The molecule has 1 saturated heterocycles. The van der Waals surface area contributed by atoms with E-state index in [4.69, 9.17) is 9.94 Å². The molecule has 5 nitrogen and oxygen atoms in total. The van der Waals surface area contributed by atoms with E-state index >= 15 is 0 Å². The maximum Gasteiger partial charge on any atom is 0.274 e. The number of hydroxylamine groups is 1. The summed E-state index contributed by atoms with van der Waals surface area (Å²) in [5.41, 5.74) is 3.20. The summed E-state index contributed by atoms with van der Waals surface area (Å²) in [5, 5.41) is 8.70. The quantitative estimate of drug-likeness (QED) is 0.657. The van der Waals surface area contributed by atoms with Crippen LogP contribution in [-0.2, 0) is 17.7 Å². The molecule has 0 spiro atoms. The molecule has 1 unspecified atom stereocenters. The van der Waals surface area contributed by atoms with E-state index in [0.717, 1.165) is 38.1 Å². The number of ether oxygens (including phenoxy) is 1. The fourth-order valence-corrected chi connectivity index (χ4v) is 3.30. The lowest BCUT2D eigenvalue weighted by Gasteiger charge is -2.33. The Kier molecular flexibility index (Phi) is 7.15. The zero-order chi connectivity index (χ0) is 17.5. The van der Waals surface area contributed by atoms with Crippen LogP contribution in [0.15, 0.2) is 12.1 Å². The Labute approximate surface area is 142 Å². The molecule has 3 rings (SSSR count). The molecular formula is C18H27FN2O3. The molecule has 1 amide bonds. The van der Waals surface area contributed by atoms with E-state index in [9.17, 15) is 9.18 Å². The number of nitrogens with zero attached hydrogens (tertiary/aromatic N) is 1. The number of nitrogens with one attached hydrogen (secondary N) is 1. The molecule has 6 heteroatoms. The average molecular weight is 338 g/mol. The van der Waals surface area contributed by atoms with Crippen molar-refractivity contribution in [3.63, 3.8) is 0 Å². The third-order valence-electron chi connectivity index (χ3n) is 4.46. The van der Waals surface area contributed by atoms with E-state index < -0.39 is 5.91 Å². The highest BCUT2D eigenvalue weighted by Gasteiger charge is 2.24. The first-order valence-corrected chi connectivity index (χ1v) is 8.77. The molecule has 134 valence electrons. The smallest absolute Gasteiger partial charge is 0.274 e. The van der Waals surface area contributed by atoms with Gasteiger partial charge in [-0.05, 0) is 48.9 Å². The number of hydrogen-bond acceptors (Lipinski definition) is 4. The van der Waals surface area contributed by atoms with E-state index in [0.29, 0.717) is 18.5 Å². The van der Waals surface area contributed by atoms with Gasteiger partial charge in [0.2, 0.25) is 0 Å². The van der Waals surface area contributed by atoms with Gasteiger partial charge in [0.15, 0.2) is 0 Å². The predicted molar refractivity (Wildman–Crippen MR) is 89.6 cm³/mol. The number of amides is 1. The van der Waals surface area contributed by atoms with Gasteiger partial charge in [-0.2, -0.15) is 0 Å². The van der Waals surface area contributed by atoms with Gasteiger partial charge in [-0.1, -0.05) is 13.8 Å². The first-order chi connectivity index (χ1) is 11.7. The Morgan fingerprint density at radius 1 is 1.42 bits per heavy atom. The molecule has 1 fully saturated rings. The maximum absolute atomic E-state index is 14.1. The van der Waals surface area contributed by atoms with Gasteiger partial charge in [0, 0.05) is 31.8 Å². The van der Waals surface area contributed by atoms with Crippen molar-refractivity contribution in [2.24, 2.45) is 0 Å². The summed E-state index contributed by atoms with van der Waals surface area (Å²) in [7, 11) is 0. The van der Waals surface area contributed by atoms with Gasteiger partial charge in [0.05, 0.1) is 6.10 Å². The molecule has 0 bridgehead atoms. The lowest BCUT2D eigenvalue weighted by Crippen LogP contribution is -2.39. The molecule has 2 aliphatic heterocycles. The highest BCUT2D eigenvalue weighted by atomic mass is 19.1. The van der Waals surface area contributed by atoms with Crippen molar-refractivity contribution < 1.29 is 19.1 Å². The number of carbonyl (C=O) groups is 1. The molecule has 0 radical (unpaired) electrons. The van der Waals surface area contributed by atoms with E-state index in [-0.39, 0.29) is 17.5 Å². The standard InChI is InChI=1S/C16H21FN2O3.C2H6/c17-15-8-11(16(20)18-21)7-12-9-19(5-4-14(12)15)10-13-3-1-2-6-22-13;1-2/h7-8,13,21H,1-6,9-10H2,(H,18,20);1-2H3. The first-order valence-electron chi connectivity index (χ1n) is 8.77. The second kappa shape index (κ2) is 9.11. The monoisotopic (exact) mass is 338 g/mol. The fraction of sp³-hybridized carbons (Fsp3) is 0.611. The SMILES string of the molecule is CC.O=C(NO)c1cc(F)c2c(c1)CN(CC1CCCCO1)CC2. The van der Waals surface area contributed by atoms with Crippen LogP contribution in [-0.4, -0.2) is 41.8 Å². The van der Waals surface area contributed by atoms with E-state index in [2.05, 4.69) is 4.90 Å². The zero-order valence-electron chi connectivity index (χ0n) is 14.5. The molecule has 1 aromatic rings. The van der Waals surface area contributed by atoms with Crippen LogP contribution in [0.25, 0.3) is 0 Å². The highest BCUT2D eigenvalue weighted by Crippen LogP contribution is 2.25. The van der Waals surface area contributed by atoms with Crippen molar-refractivity contribution in [1.29, 1.82) is 0 Å². The molecular weight excluding hydrogens is 311 g/mol. The maximum atomic E-state index is 14.1. The molecule has 1 atom stereocenters. The van der Waals surface area contributed by atoms with E-state index in [1.165, 1.54) is 12.5 Å². The van der Waals surface area contributed by atoms with E-state index in [1.807, 2.05) is 13.8 Å². The van der Waals surface area contributed by atoms with Crippen molar-refractivity contribution in [2.75, 3.05) is 19.7 Å². The number of benzene rings is 1. The lowest BCUT2D eigenvalue weighted by molar-refractivity contribution is -0.00810. The van der Waals surface area contributed by atoms with Crippen molar-refractivity contribution in [3.05, 3.63) is 34.6 Å². The number of rotatable bonds is 3. The molecule has 0 aliphatic carbocycles. The molecule has 0 saturated carbocycles. The van der Waals surface area contributed by atoms with Crippen molar-refractivity contribution in [2.45, 2.75) is 52.2 Å². The van der Waals surface area contributed by atoms with Crippen LogP contribution in [0.2, 0.25) is 0 Å². The Balaban J connectivity index is 0.00000100. The van der Waals surface area contributed by atoms with Crippen LogP contribution in [0.5, 0.6) is 0 Å². The molecule has 24 heavy (non-hydrogen) atoms. The van der Waals surface area contributed by atoms with Crippen LogP contribution in [0.1, 0.15) is 54.6 Å². The van der Waals surface area contributed by atoms with Gasteiger partial charge in [0.25, 0.3) is 5.91 Å². The Morgan fingerprint density at radius 3 is 2.88 bits per heavy atom. The van der Waals surface area contributed by atoms with E-state index in [1.54, 1.807) is 11.5 Å². The normalized spacial score (nSPS) is 20.6. The van der Waals surface area contributed by atoms with Gasteiger partial charge in [-0.25, -0.2) is 9.87 Å².